The number of H-pyrrole nitrogens is 1. The van der Waals surface area contributed by atoms with Crippen LogP contribution < -0.4 is 10.2 Å². The predicted molar refractivity (Wildman–Crippen MR) is 111 cm³/mol. The Morgan fingerprint density at radius 1 is 1.07 bits per heavy atom. The fraction of sp³-hybridized carbons (Fsp3) is 0.238. The number of rotatable bonds is 5. The summed E-state index contributed by atoms with van der Waals surface area (Å²) in [6, 6.07) is 18.0. The molecule has 4 rings (SSSR count). The van der Waals surface area contributed by atoms with Gasteiger partial charge in [0, 0.05) is 35.4 Å². The Morgan fingerprint density at radius 2 is 1.78 bits per heavy atom. The molecule has 1 saturated heterocycles. The Labute approximate surface area is 166 Å². The van der Waals surface area contributed by atoms with Crippen LogP contribution in [0.2, 0.25) is 0 Å². The molecule has 2 N–H and O–H groups in total. The summed E-state index contributed by atoms with van der Waals surface area (Å²) in [6.07, 6.45) is 2.54. The summed E-state index contributed by atoms with van der Waals surface area (Å²) >= 11 is 3.42. The number of benzene rings is 2. The van der Waals surface area contributed by atoms with Crippen LogP contribution in [-0.4, -0.2) is 29.2 Å². The van der Waals surface area contributed by atoms with Crippen LogP contribution in [0.25, 0.3) is 11.3 Å². The highest BCUT2D eigenvalue weighted by atomic mass is 79.9. The van der Waals surface area contributed by atoms with Crippen molar-refractivity contribution in [3.05, 3.63) is 70.3 Å². The zero-order valence-electron chi connectivity index (χ0n) is 14.9. The van der Waals surface area contributed by atoms with E-state index in [9.17, 15) is 4.79 Å². The van der Waals surface area contributed by atoms with Gasteiger partial charge in [-0.05, 0) is 48.7 Å². The number of aromatic nitrogens is 2. The van der Waals surface area contributed by atoms with Crippen molar-refractivity contribution in [2.24, 2.45) is 0 Å². The second-order valence-electron chi connectivity index (χ2n) is 6.72. The molecule has 0 unspecified atom stereocenters. The molecule has 0 atom stereocenters. The number of amides is 1. The van der Waals surface area contributed by atoms with E-state index in [2.05, 4.69) is 60.6 Å². The van der Waals surface area contributed by atoms with E-state index in [-0.39, 0.29) is 5.91 Å². The molecule has 2 heterocycles. The molecule has 1 aliphatic heterocycles. The molecule has 138 valence electrons. The van der Waals surface area contributed by atoms with Crippen LogP contribution in [0.1, 0.15) is 28.9 Å². The number of aromatic amines is 1. The highest BCUT2D eigenvalue weighted by Crippen LogP contribution is 2.21. The molecule has 1 aromatic heterocycles. The zero-order chi connectivity index (χ0) is 18.6. The smallest absolute Gasteiger partial charge is 0.269 e. The third-order valence-electron chi connectivity index (χ3n) is 4.82. The Hall–Kier alpha value is -2.60. The minimum absolute atomic E-state index is 0.158. The number of nitrogens with zero attached hydrogens (tertiary/aromatic N) is 2. The normalized spacial score (nSPS) is 13.7. The largest absolute Gasteiger partial charge is 0.372 e. The van der Waals surface area contributed by atoms with Gasteiger partial charge in [-0.3, -0.25) is 9.89 Å². The van der Waals surface area contributed by atoms with Crippen LogP contribution >= 0.6 is 15.9 Å². The molecule has 3 aromatic rings. The molecular weight excluding hydrogens is 404 g/mol. The molecule has 0 radical (unpaired) electrons. The Bertz CT molecular complexity index is 912. The summed E-state index contributed by atoms with van der Waals surface area (Å²) in [5, 5.41) is 10.0. The highest BCUT2D eigenvalue weighted by molar-refractivity contribution is 9.10. The first-order chi connectivity index (χ1) is 13.2. The third-order valence-corrected chi connectivity index (χ3v) is 5.35. The molecule has 2 aromatic carbocycles. The van der Waals surface area contributed by atoms with Crippen molar-refractivity contribution in [1.82, 2.24) is 15.5 Å². The van der Waals surface area contributed by atoms with Crippen molar-refractivity contribution in [2.75, 3.05) is 18.0 Å². The van der Waals surface area contributed by atoms with Crippen molar-refractivity contribution in [3.63, 3.8) is 0 Å². The van der Waals surface area contributed by atoms with Crippen LogP contribution in [0.15, 0.2) is 59.1 Å². The summed E-state index contributed by atoms with van der Waals surface area (Å²) in [5.74, 6) is -0.158. The van der Waals surface area contributed by atoms with Crippen molar-refractivity contribution < 1.29 is 4.79 Å². The highest BCUT2D eigenvalue weighted by Gasteiger charge is 2.13. The van der Waals surface area contributed by atoms with Gasteiger partial charge in [0.25, 0.3) is 5.91 Å². The Morgan fingerprint density at radius 3 is 2.48 bits per heavy atom. The molecule has 1 amide bonds. The number of carbonyl (C=O) groups is 1. The van der Waals surface area contributed by atoms with Gasteiger partial charge in [0.15, 0.2) is 0 Å². The van der Waals surface area contributed by atoms with E-state index in [0.29, 0.717) is 12.2 Å². The van der Waals surface area contributed by atoms with Gasteiger partial charge in [-0.25, -0.2) is 0 Å². The van der Waals surface area contributed by atoms with Crippen molar-refractivity contribution in [2.45, 2.75) is 19.4 Å². The first kappa shape index (κ1) is 17.8. The molecular formula is C21H21BrN4O. The molecule has 0 saturated carbocycles. The lowest BCUT2D eigenvalue weighted by molar-refractivity contribution is 0.0946. The van der Waals surface area contributed by atoms with E-state index in [1.165, 1.54) is 18.5 Å². The summed E-state index contributed by atoms with van der Waals surface area (Å²) in [5.41, 5.74) is 4.52. The monoisotopic (exact) mass is 424 g/mol. The molecule has 5 nitrogen and oxygen atoms in total. The lowest BCUT2D eigenvalue weighted by atomic mass is 10.1. The lowest BCUT2D eigenvalue weighted by Crippen LogP contribution is -2.23. The maximum atomic E-state index is 12.4. The predicted octanol–water partition coefficient (Wildman–Crippen LogP) is 4.37. The summed E-state index contributed by atoms with van der Waals surface area (Å²) in [4.78, 5) is 14.8. The molecule has 1 aliphatic rings. The van der Waals surface area contributed by atoms with Gasteiger partial charge in [-0.1, -0.05) is 40.2 Å². The number of hydrogen-bond donors (Lipinski definition) is 2. The molecule has 0 spiro atoms. The van der Waals surface area contributed by atoms with E-state index in [4.69, 9.17) is 0 Å². The average molecular weight is 425 g/mol. The van der Waals surface area contributed by atoms with Crippen LogP contribution in [0.4, 0.5) is 5.69 Å². The quantitative estimate of drug-likeness (QED) is 0.638. The lowest BCUT2D eigenvalue weighted by Gasteiger charge is -2.17. The zero-order valence-corrected chi connectivity index (χ0v) is 16.5. The minimum Gasteiger partial charge on any atom is -0.372 e. The van der Waals surface area contributed by atoms with Crippen molar-refractivity contribution in [3.8, 4) is 11.3 Å². The van der Waals surface area contributed by atoms with Gasteiger partial charge in [-0.2, -0.15) is 5.10 Å². The SMILES string of the molecule is O=C(NCc1ccc(N2CCCC2)cc1)c1cc(-c2ccc(Br)cc2)n[nH]1. The van der Waals surface area contributed by atoms with E-state index < -0.39 is 0 Å². The fourth-order valence-corrected chi connectivity index (χ4v) is 3.55. The van der Waals surface area contributed by atoms with Crippen LogP contribution in [0.5, 0.6) is 0 Å². The van der Waals surface area contributed by atoms with Gasteiger partial charge in [0.05, 0.1) is 5.69 Å². The van der Waals surface area contributed by atoms with Gasteiger partial charge < -0.3 is 10.2 Å². The number of anilines is 1. The van der Waals surface area contributed by atoms with Crippen molar-refractivity contribution in [1.29, 1.82) is 0 Å². The van der Waals surface area contributed by atoms with E-state index >= 15 is 0 Å². The van der Waals surface area contributed by atoms with Gasteiger partial charge in [0.1, 0.15) is 5.69 Å². The standard InChI is InChI=1S/C21H21BrN4O/c22-17-7-5-16(6-8-17)19-13-20(25-24-19)21(27)23-14-15-3-9-18(10-4-15)26-11-1-2-12-26/h3-10,13H,1-2,11-12,14H2,(H,23,27)(H,24,25). The molecule has 0 aliphatic carbocycles. The maximum absolute atomic E-state index is 12.4. The van der Waals surface area contributed by atoms with Gasteiger partial charge in [-0.15, -0.1) is 0 Å². The molecule has 27 heavy (non-hydrogen) atoms. The van der Waals surface area contributed by atoms with Crippen molar-refractivity contribution >= 4 is 27.5 Å². The average Bonchev–Trinajstić information content (AvgIpc) is 3.39. The third kappa shape index (κ3) is 4.22. The Balaban J connectivity index is 1.36. The maximum Gasteiger partial charge on any atom is 0.269 e. The first-order valence-corrected chi connectivity index (χ1v) is 9.92. The fourth-order valence-electron chi connectivity index (χ4n) is 3.28. The summed E-state index contributed by atoms with van der Waals surface area (Å²) in [6.45, 7) is 2.76. The number of carbonyl (C=O) groups excluding carboxylic acids is 1. The van der Waals surface area contributed by atoms with Crippen LogP contribution in [0.3, 0.4) is 0 Å². The summed E-state index contributed by atoms with van der Waals surface area (Å²) < 4.78 is 1.01. The Kier molecular flexibility index (Phi) is 5.25. The second-order valence-corrected chi connectivity index (χ2v) is 7.63. The van der Waals surface area contributed by atoms with E-state index in [0.717, 1.165) is 34.4 Å². The molecule has 6 heteroatoms. The topological polar surface area (TPSA) is 61.0 Å². The molecule has 0 bridgehead atoms. The molecule has 1 fully saturated rings. The van der Waals surface area contributed by atoms with Crippen LogP contribution in [-0.2, 0) is 6.54 Å². The number of nitrogens with one attached hydrogen (secondary N) is 2. The van der Waals surface area contributed by atoms with E-state index in [1.807, 2.05) is 24.3 Å². The number of halogens is 1. The van der Waals surface area contributed by atoms with Crippen LogP contribution in [0, 0.1) is 0 Å². The number of hydrogen-bond acceptors (Lipinski definition) is 3. The minimum atomic E-state index is -0.158. The van der Waals surface area contributed by atoms with Gasteiger partial charge >= 0.3 is 0 Å². The second kappa shape index (κ2) is 7.96. The van der Waals surface area contributed by atoms with Gasteiger partial charge in [0.2, 0.25) is 0 Å². The first-order valence-electron chi connectivity index (χ1n) is 9.12. The van der Waals surface area contributed by atoms with E-state index in [1.54, 1.807) is 6.07 Å². The summed E-state index contributed by atoms with van der Waals surface area (Å²) in [7, 11) is 0.